The van der Waals surface area contributed by atoms with Gasteiger partial charge in [0.25, 0.3) is 11.9 Å². The van der Waals surface area contributed by atoms with Gasteiger partial charge in [0.15, 0.2) is 0 Å². The van der Waals surface area contributed by atoms with E-state index in [0.717, 1.165) is 11.1 Å². The Balaban J connectivity index is 1.87. The van der Waals surface area contributed by atoms with Crippen LogP contribution in [0.2, 0.25) is 0 Å². The maximum Gasteiger partial charge on any atom is 0.255 e. The third kappa shape index (κ3) is 3.09. The van der Waals surface area contributed by atoms with E-state index in [0.29, 0.717) is 17.1 Å². The van der Waals surface area contributed by atoms with Crippen molar-refractivity contribution >= 4 is 17.6 Å². The SMILES string of the molecule is CC1=NN(c2nc(-c3ccccc3)cc(-c3ccc(F)cc3)n2)C(=O)C1. The maximum atomic E-state index is 13.3. The van der Waals surface area contributed by atoms with Crippen molar-refractivity contribution in [3.05, 3.63) is 66.5 Å². The van der Waals surface area contributed by atoms with Crippen LogP contribution in [0, 0.1) is 5.82 Å². The molecule has 4 rings (SSSR count). The third-order valence-electron chi connectivity index (χ3n) is 4.03. The van der Waals surface area contributed by atoms with Crippen LogP contribution in [0.25, 0.3) is 22.5 Å². The molecule has 2 aromatic carbocycles. The van der Waals surface area contributed by atoms with Crippen molar-refractivity contribution in [3.63, 3.8) is 0 Å². The molecule has 1 aliphatic heterocycles. The van der Waals surface area contributed by atoms with Crippen LogP contribution in [0.5, 0.6) is 0 Å². The Labute approximate surface area is 149 Å². The van der Waals surface area contributed by atoms with Gasteiger partial charge >= 0.3 is 0 Å². The highest BCUT2D eigenvalue weighted by Gasteiger charge is 2.26. The van der Waals surface area contributed by atoms with Crippen LogP contribution in [0.15, 0.2) is 65.8 Å². The normalized spacial score (nSPS) is 13.8. The zero-order valence-corrected chi connectivity index (χ0v) is 14.1. The monoisotopic (exact) mass is 346 g/mol. The number of anilines is 1. The summed E-state index contributed by atoms with van der Waals surface area (Å²) in [6, 6.07) is 17.5. The number of carbonyl (C=O) groups excluding carboxylic acids is 1. The first kappa shape index (κ1) is 16.1. The lowest BCUT2D eigenvalue weighted by Gasteiger charge is -2.13. The number of nitrogens with zero attached hydrogens (tertiary/aromatic N) is 4. The highest BCUT2D eigenvalue weighted by Crippen LogP contribution is 2.28. The van der Waals surface area contributed by atoms with Crippen LogP contribution < -0.4 is 5.01 Å². The van der Waals surface area contributed by atoms with E-state index in [2.05, 4.69) is 15.1 Å². The molecule has 0 spiro atoms. The first-order valence-electron chi connectivity index (χ1n) is 8.17. The average molecular weight is 346 g/mol. The van der Waals surface area contributed by atoms with Crippen molar-refractivity contribution in [1.82, 2.24) is 9.97 Å². The maximum absolute atomic E-state index is 13.3. The first-order valence-corrected chi connectivity index (χ1v) is 8.17. The van der Waals surface area contributed by atoms with E-state index >= 15 is 0 Å². The summed E-state index contributed by atoms with van der Waals surface area (Å²) >= 11 is 0. The van der Waals surface area contributed by atoms with E-state index in [1.54, 1.807) is 19.1 Å². The van der Waals surface area contributed by atoms with E-state index in [1.165, 1.54) is 17.1 Å². The molecule has 1 aliphatic rings. The Kier molecular flexibility index (Phi) is 4.01. The third-order valence-corrected chi connectivity index (χ3v) is 4.03. The Hall–Kier alpha value is -3.41. The van der Waals surface area contributed by atoms with Crippen molar-refractivity contribution in [2.75, 3.05) is 5.01 Å². The summed E-state index contributed by atoms with van der Waals surface area (Å²) in [6.07, 6.45) is 0.255. The van der Waals surface area contributed by atoms with Crippen molar-refractivity contribution in [2.24, 2.45) is 5.10 Å². The fourth-order valence-electron chi connectivity index (χ4n) is 2.77. The zero-order valence-electron chi connectivity index (χ0n) is 14.1. The average Bonchev–Trinajstić information content (AvgIpc) is 3.01. The smallest absolute Gasteiger partial charge is 0.255 e. The molecule has 2 heterocycles. The summed E-state index contributed by atoms with van der Waals surface area (Å²) in [7, 11) is 0. The van der Waals surface area contributed by atoms with Gasteiger partial charge < -0.3 is 0 Å². The molecular formula is C20H15FN4O. The minimum absolute atomic E-state index is 0.169. The van der Waals surface area contributed by atoms with Crippen molar-refractivity contribution in [1.29, 1.82) is 0 Å². The van der Waals surface area contributed by atoms with Gasteiger partial charge in [-0.3, -0.25) is 4.79 Å². The number of halogens is 1. The lowest BCUT2D eigenvalue weighted by Crippen LogP contribution is -2.22. The van der Waals surface area contributed by atoms with Gasteiger partial charge in [-0.1, -0.05) is 30.3 Å². The van der Waals surface area contributed by atoms with Gasteiger partial charge in [-0.25, -0.2) is 14.4 Å². The van der Waals surface area contributed by atoms with Crippen LogP contribution in [-0.4, -0.2) is 21.6 Å². The predicted molar refractivity (Wildman–Crippen MR) is 98.1 cm³/mol. The summed E-state index contributed by atoms with van der Waals surface area (Å²) in [5.41, 5.74) is 3.61. The number of hydrazone groups is 1. The van der Waals surface area contributed by atoms with Crippen LogP contribution in [0.1, 0.15) is 13.3 Å². The minimum atomic E-state index is -0.318. The molecule has 5 nitrogen and oxygen atoms in total. The molecule has 0 bridgehead atoms. The number of aromatic nitrogens is 2. The lowest BCUT2D eigenvalue weighted by molar-refractivity contribution is -0.117. The highest BCUT2D eigenvalue weighted by molar-refractivity contribution is 6.11. The standard InChI is InChI=1S/C20H15FN4O/c1-13-11-19(26)25(24-13)20-22-17(14-5-3-2-4-6-14)12-18(23-20)15-7-9-16(21)10-8-15/h2-10,12H,11H2,1H3. The highest BCUT2D eigenvalue weighted by atomic mass is 19.1. The largest absolute Gasteiger partial charge is 0.272 e. The zero-order chi connectivity index (χ0) is 18.1. The van der Waals surface area contributed by atoms with E-state index in [4.69, 9.17) is 0 Å². The van der Waals surface area contributed by atoms with Crippen LogP contribution >= 0.6 is 0 Å². The number of hydrogen-bond donors (Lipinski definition) is 0. The molecule has 128 valence electrons. The quantitative estimate of drug-likeness (QED) is 0.718. The summed E-state index contributed by atoms with van der Waals surface area (Å²) in [5, 5.41) is 5.47. The number of rotatable bonds is 3. The van der Waals surface area contributed by atoms with E-state index in [9.17, 15) is 9.18 Å². The van der Waals surface area contributed by atoms with Gasteiger partial charge in [0.1, 0.15) is 5.82 Å². The molecule has 3 aromatic rings. The van der Waals surface area contributed by atoms with E-state index < -0.39 is 0 Å². The second kappa shape index (κ2) is 6.48. The molecule has 6 heteroatoms. The van der Waals surface area contributed by atoms with Crippen LogP contribution in [0.4, 0.5) is 10.3 Å². The second-order valence-corrected chi connectivity index (χ2v) is 6.03. The molecule has 0 saturated carbocycles. The molecule has 0 aliphatic carbocycles. The van der Waals surface area contributed by atoms with Gasteiger partial charge in [-0.2, -0.15) is 10.1 Å². The molecule has 26 heavy (non-hydrogen) atoms. The molecule has 0 N–H and O–H groups in total. The fraction of sp³-hybridized carbons (Fsp3) is 0.100. The number of hydrogen-bond acceptors (Lipinski definition) is 4. The lowest BCUT2D eigenvalue weighted by atomic mass is 10.1. The molecule has 0 unspecified atom stereocenters. The van der Waals surface area contributed by atoms with E-state index in [-0.39, 0.29) is 24.1 Å². The molecule has 0 saturated heterocycles. The molecule has 0 atom stereocenters. The summed E-state index contributed by atoms with van der Waals surface area (Å²) in [4.78, 5) is 21.2. The summed E-state index contributed by atoms with van der Waals surface area (Å²) in [6.45, 7) is 1.79. The Morgan fingerprint density at radius 1 is 0.923 bits per heavy atom. The van der Waals surface area contributed by atoms with Crippen LogP contribution in [-0.2, 0) is 4.79 Å². The van der Waals surface area contributed by atoms with Crippen molar-refractivity contribution in [3.8, 4) is 22.5 Å². The van der Waals surface area contributed by atoms with E-state index in [1.807, 2.05) is 36.4 Å². The van der Waals surface area contributed by atoms with Gasteiger partial charge in [0.2, 0.25) is 0 Å². The number of amides is 1. The topological polar surface area (TPSA) is 58.5 Å². The Morgan fingerprint density at radius 3 is 2.12 bits per heavy atom. The molecule has 0 fully saturated rings. The molecule has 1 amide bonds. The fourth-order valence-corrected chi connectivity index (χ4v) is 2.77. The predicted octanol–water partition coefficient (Wildman–Crippen LogP) is 4.06. The van der Waals surface area contributed by atoms with Gasteiger partial charge in [0.05, 0.1) is 17.8 Å². The Morgan fingerprint density at radius 2 is 1.54 bits per heavy atom. The number of carbonyl (C=O) groups is 1. The summed E-state index contributed by atoms with van der Waals surface area (Å²) in [5.74, 6) is -0.272. The van der Waals surface area contributed by atoms with Crippen LogP contribution in [0.3, 0.4) is 0 Å². The Bertz CT molecular complexity index is 1000. The summed E-state index contributed by atoms with van der Waals surface area (Å²) < 4.78 is 13.3. The minimum Gasteiger partial charge on any atom is -0.272 e. The molecule has 1 aromatic heterocycles. The molecule has 0 radical (unpaired) electrons. The van der Waals surface area contributed by atoms with Gasteiger partial charge in [-0.05, 0) is 37.3 Å². The van der Waals surface area contributed by atoms with Crippen molar-refractivity contribution < 1.29 is 9.18 Å². The number of benzene rings is 2. The van der Waals surface area contributed by atoms with Gasteiger partial charge in [-0.15, -0.1) is 0 Å². The second-order valence-electron chi connectivity index (χ2n) is 6.03. The van der Waals surface area contributed by atoms with Crippen molar-refractivity contribution in [2.45, 2.75) is 13.3 Å². The van der Waals surface area contributed by atoms with Gasteiger partial charge in [0, 0.05) is 16.8 Å². The molecular weight excluding hydrogens is 331 g/mol. The first-order chi connectivity index (χ1) is 12.6.